The van der Waals surface area contributed by atoms with Crippen LogP contribution >= 0.6 is 11.3 Å². The van der Waals surface area contributed by atoms with E-state index in [0.717, 1.165) is 11.6 Å². The van der Waals surface area contributed by atoms with Crippen LogP contribution in [0, 0.1) is 6.92 Å². The first-order valence-electron chi connectivity index (χ1n) is 7.55. The number of hydrogen-bond donors (Lipinski definition) is 0. The summed E-state index contributed by atoms with van der Waals surface area (Å²) in [6, 6.07) is 8.62. The smallest absolute Gasteiger partial charge is 0.123 e. The topological polar surface area (TPSA) is 16.1 Å². The maximum atomic E-state index is 4.82. The molecule has 1 aromatic heterocycles. The number of hydrogen-bond acceptors (Lipinski definition) is 3. The molecule has 3 heteroatoms. The lowest BCUT2D eigenvalue weighted by molar-refractivity contribution is 0.274. The number of benzene rings is 1. The molecule has 1 aliphatic heterocycles. The van der Waals surface area contributed by atoms with Crippen LogP contribution in [0.3, 0.4) is 0 Å². The summed E-state index contributed by atoms with van der Waals surface area (Å²) in [5, 5.41) is 3.38. The van der Waals surface area contributed by atoms with Crippen molar-refractivity contribution in [3.8, 4) is 10.6 Å². The van der Waals surface area contributed by atoms with E-state index in [-0.39, 0.29) is 0 Å². The quantitative estimate of drug-likeness (QED) is 0.826. The lowest BCUT2D eigenvalue weighted by Crippen LogP contribution is -2.24. The number of nitrogens with zero attached hydrogens (tertiary/aromatic N) is 2. The number of thiazole rings is 1. The van der Waals surface area contributed by atoms with Crippen molar-refractivity contribution in [2.45, 2.75) is 39.2 Å². The van der Waals surface area contributed by atoms with Gasteiger partial charge in [-0.15, -0.1) is 11.3 Å². The molecule has 1 saturated heterocycles. The van der Waals surface area contributed by atoms with Crippen molar-refractivity contribution in [2.75, 3.05) is 13.1 Å². The highest BCUT2D eigenvalue weighted by Gasteiger charge is 2.12. The first-order valence-corrected chi connectivity index (χ1v) is 8.43. The Morgan fingerprint density at radius 3 is 2.70 bits per heavy atom. The minimum absolute atomic E-state index is 1.02. The largest absolute Gasteiger partial charge is 0.297 e. The van der Waals surface area contributed by atoms with E-state index in [0.29, 0.717) is 0 Å². The Labute approximate surface area is 125 Å². The summed E-state index contributed by atoms with van der Waals surface area (Å²) in [5.41, 5.74) is 3.78. The first-order chi connectivity index (χ1) is 9.81. The van der Waals surface area contributed by atoms with Gasteiger partial charge in [-0.1, -0.05) is 36.6 Å². The van der Waals surface area contributed by atoms with Gasteiger partial charge in [-0.05, 0) is 38.9 Å². The van der Waals surface area contributed by atoms with E-state index in [1.54, 1.807) is 11.3 Å². The number of rotatable bonds is 3. The standard InChI is InChI=1S/C17H22N2S/c1-14-7-6-8-15(11-14)17-18-16(13-20-17)12-19-9-4-2-3-5-10-19/h6-8,11,13H,2-5,9-10,12H2,1H3. The molecule has 0 atom stereocenters. The van der Waals surface area contributed by atoms with Gasteiger partial charge in [0.15, 0.2) is 0 Å². The van der Waals surface area contributed by atoms with Gasteiger partial charge in [0, 0.05) is 17.5 Å². The van der Waals surface area contributed by atoms with Crippen LogP contribution in [0.25, 0.3) is 10.6 Å². The predicted molar refractivity (Wildman–Crippen MR) is 86.0 cm³/mol. The highest BCUT2D eigenvalue weighted by atomic mass is 32.1. The van der Waals surface area contributed by atoms with E-state index in [2.05, 4.69) is 41.5 Å². The Balaban J connectivity index is 1.70. The maximum Gasteiger partial charge on any atom is 0.123 e. The molecule has 2 aromatic rings. The van der Waals surface area contributed by atoms with Crippen molar-refractivity contribution >= 4 is 11.3 Å². The molecule has 0 saturated carbocycles. The summed E-state index contributed by atoms with van der Waals surface area (Å²) in [6.45, 7) is 5.62. The Hall–Kier alpha value is -1.19. The van der Waals surface area contributed by atoms with E-state index in [4.69, 9.17) is 4.98 Å². The zero-order valence-corrected chi connectivity index (χ0v) is 13.0. The highest BCUT2D eigenvalue weighted by molar-refractivity contribution is 7.13. The second-order valence-corrected chi connectivity index (χ2v) is 6.56. The Morgan fingerprint density at radius 1 is 1.15 bits per heavy atom. The van der Waals surface area contributed by atoms with E-state index in [9.17, 15) is 0 Å². The molecule has 2 nitrogen and oxygen atoms in total. The molecule has 106 valence electrons. The average molecular weight is 286 g/mol. The summed E-state index contributed by atoms with van der Waals surface area (Å²) in [6.07, 6.45) is 5.47. The van der Waals surface area contributed by atoms with Crippen LogP contribution in [0.2, 0.25) is 0 Å². The summed E-state index contributed by atoms with van der Waals surface area (Å²) in [4.78, 5) is 7.38. The molecule has 0 aliphatic carbocycles. The van der Waals surface area contributed by atoms with Crippen molar-refractivity contribution in [1.82, 2.24) is 9.88 Å². The van der Waals surface area contributed by atoms with Gasteiger partial charge in [-0.25, -0.2) is 4.98 Å². The summed E-state index contributed by atoms with van der Waals surface area (Å²) in [7, 11) is 0. The number of aromatic nitrogens is 1. The maximum absolute atomic E-state index is 4.82. The summed E-state index contributed by atoms with van der Waals surface area (Å²) < 4.78 is 0. The third-order valence-corrected chi connectivity index (χ3v) is 4.84. The Kier molecular flexibility index (Phi) is 4.48. The van der Waals surface area contributed by atoms with Crippen LogP contribution in [-0.4, -0.2) is 23.0 Å². The number of aryl methyl sites for hydroxylation is 1. The molecule has 0 bridgehead atoms. The zero-order chi connectivity index (χ0) is 13.8. The van der Waals surface area contributed by atoms with Gasteiger partial charge in [-0.3, -0.25) is 4.90 Å². The normalized spacial score (nSPS) is 17.1. The van der Waals surface area contributed by atoms with E-state index in [1.165, 1.54) is 55.6 Å². The molecule has 2 heterocycles. The van der Waals surface area contributed by atoms with Gasteiger partial charge in [0.25, 0.3) is 0 Å². The number of likely N-dealkylation sites (tertiary alicyclic amines) is 1. The van der Waals surface area contributed by atoms with E-state index >= 15 is 0 Å². The fraction of sp³-hybridized carbons (Fsp3) is 0.471. The van der Waals surface area contributed by atoms with Crippen LogP contribution in [0.4, 0.5) is 0 Å². The first kappa shape index (κ1) is 13.8. The fourth-order valence-corrected chi connectivity index (χ4v) is 3.62. The lowest BCUT2D eigenvalue weighted by atomic mass is 10.1. The molecule has 0 unspecified atom stereocenters. The van der Waals surface area contributed by atoms with Gasteiger partial charge >= 0.3 is 0 Å². The van der Waals surface area contributed by atoms with Crippen molar-refractivity contribution in [1.29, 1.82) is 0 Å². The third-order valence-electron chi connectivity index (χ3n) is 3.90. The lowest BCUT2D eigenvalue weighted by Gasteiger charge is -2.17. The van der Waals surface area contributed by atoms with Gasteiger partial charge in [0.2, 0.25) is 0 Å². The van der Waals surface area contributed by atoms with Crippen molar-refractivity contribution < 1.29 is 0 Å². The molecule has 0 amide bonds. The van der Waals surface area contributed by atoms with Crippen LogP contribution in [0.5, 0.6) is 0 Å². The zero-order valence-electron chi connectivity index (χ0n) is 12.1. The minimum atomic E-state index is 1.02. The monoisotopic (exact) mass is 286 g/mol. The molecule has 0 radical (unpaired) electrons. The second-order valence-electron chi connectivity index (χ2n) is 5.70. The van der Waals surface area contributed by atoms with Gasteiger partial charge < -0.3 is 0 Å². The molecule has 1 aliphatic rings. The molecule has 1 fully saturated rings. The van der Waals surface area contributed by atoms with Crippen LogP contribution < -0.4 is 0 Å². The molecular weight excluding hydrogens is 264 g/mol. The van der Waals surface area contributed by atoms with E-state index in [1.807, 2.05) is 0 Å². The van der Waals surface area contributed by atoms with Crippen molar-refractivity contribution in [2.24, 2.45) is 0 Å². The van der Waals surface area contributed by atoms with Crippen LogP contribution in [0.1, 0.15) is 36.9 Å². The summed E-state index contributed by atoms with van der Waals surface area (Å²) in [5.74, 6) is 0. The molecule has 1 aromatic carbocycles. The van der Waals surface area contributed by atoms with Crippen molar-refractivity contribution in [3.63, 3.8) is 0 Å². The van der Waals surface area contributed by atoms with Crippen molar-refractivity contribution in [3.05, 3.63) is 40.9 Å². The SMILES string of the molecule is Cc1cccc(-c2nc(CN3CCCCCC3)cs2)c1. The minimum Gasteiger partial charge on any atom is -0.297 e. The van der Waals surface area contributed by atoms with Gasteiger partial charge in [0.05, 0.1) is 5.69 Å². The van der Waals surface area contributed by atoms with Gasteiger partial charge in [-0.2, -0.15) is 0 Å². The molecule has 20 heavy (non-hydrogen) atoms. The molecular formula is C17H22N2S. The highest BCUT2D eigenvalue weighted by Crippen LogP contribution is 2.25. The molecule has 3 rings (SSSR count). The third kappa shape index (κ3) is 3.47. The summed E-state index contributed by atoms with van der Waals surface area (Å²) >= 11 is 1.77. The average Bonchev–Trinajstić information content (AvgIpc) is 2.75. The second kappa shape index (κ2) is 6.51. The van der Waals surface area contributed by atoms with Gasteiger partial charge in [0.1, 0.15) is 5.01 Å². The fourth-order valence-electron chi connectivity index (χ4n) is 2.81. The van der Waals surface area contributed by atoms with Crippen LogP contribution in [-0.2, 0) is 6.54 Å². The van der Waals surface area contributed by atoms with Crippen LogP contribution in [0.15, 0.2) is 29.6 Å². The molecule has 0 spiro atoms. The Bertz CT molecular complexity index is 554. The predicted octanol–water partition coefficient (Wildman–Crippen LogP) is 4.49. The van der Waals surface area contributed by atoms with E-state index < -0.39 is 0 Å². The Morgan fingerprint density at radius 2 is 1.95 bits per heavy atom. The molecule has 0 N–H and O–H groups in total.